The lowest BCUT2D eigenvalue weighted by Gasteiger charge is -2.40. The normalized spacial score (nSPS) is 17.2. The average molecular weight is 417 g/mol. The second-order valence-corrected chi connectivity index (χ2v) is 8.52. The number of halogens is 1. The van der Waals surface area contributed by atoms with E-state index in [4.69, 9.17) is 11.6 Å². The first kappa shape index (κ1) is 19.3. The van der Waals surface area contributed by atoms with Gasteiger partial charge >= 0.3 is 0 Å². The number of carbonyl (C=O) groups is 1. The van der Waals surface area contributed by atoms with Gasteiger partial charge in [-0.3, -0.25) is 9.69 Å². The Kier molecular flexibility index (Phi) is 5.32. The fourth-order valence-electron chi connectivity index (χ4n) is 4.88. The Bertz CT molecular complexity index is 1020. The van der Waals surface area contributed by atoms with Gasteiger partial charge in [-0.1, -0.05) is 72.3 Å². The van der Waals surface area contributed by atoms with Crippen molar-refractivity contribution in [3.8, 4) is 0 Å². The Morgan fingerprint density at radius 2 is 1.27 bits per heavy atom. The largest absolute Gasteiger partial charge is 0.336 e. The third-order valence-electron chi connectivity index (χ3n) is 6.43. The maximum Gasteiger partial charge on any atom is 0.255 e. The van der Waals surface area contributed by atoms with Gasteiger partial charge in [-0.25, -0.2) is 0 Å². The van der Waals surface area contributed by atoms with E-state index in [1.54, 1.807) is 6.07 Å². The number of nitrogens with zero attached hydrogens (tertiary/aromatic N) is 2. The van der Waals surface area contributed by atoms with Crippen LogP contribution in [0.2, 0.25) is 5.02 Å². The Balaban J connectivity index is 1.41. The van der Waals surface area contributed by atoms with E-state index in [1.165, 1.54) is 22.3 Å². The molecule has 0 atom stereocenters. The van der Waals surface area contributed by atoms with E-state index in [2.05, 4.69) is 53.4 Å². The first-order chi connectivity index (χ1) is 14.7. The second-order valence-electron chi connectivity index (χ2n) is 8.11. The average Bonchev–Trinajstić information content (AvgIpc) is 2.96. The molecule has 0 N–H and O–H groups in total. The minimum atomic E-state index is 0.0296. The van der Waals surface area contributed by atoms with Crippen LogP contribution in [-0.2, 0) is 12.8 Å². The molecule has 0 spiro atoms. The van der Waals surface area contributed by atoms with Crippen LogP contribution in [0.15, 0.2) is 72.8 Å². The van der Waals surface area contributed by atoms with Crippen molar-refractivity contribution in [1.82, 2.24) is 9.80 Å². The molecule has 0 aromatic heterocycles. The molecule has 1 saturated heterocycles. The first-order valence-electron chi connectivity index (χ1n) is 10.7. The van der Waals surface area contributed by atoms with E-state index in [1.807, 2.05) is 23.1 Å². The van der Waals surface area contributed by atoms with Crippen LogP contribution in [0.4, 0.5) is 0 Å². The molecule has 4 heteroatoms. The summed E-state index contributed by atoms with van der Waals surface area (Å²) < 4.78 is 0. The minimum absolute atomic E-state index is 0.0296. The van der Waals surface area contributed by atoms with E-state index in [0.29, 0.717) is 23.7 Å². The molecule has 3 aromatic carbocycles. The van der Waals surface area contributed by atoms with Crippen molar-refractivity contribution in [2.24, 2.45) is 0 Å². The highest BCUT2D eigenvalue weighted by atomic mass is 35.5. The number of aryl methyl sites for hydroxylation is 2. The number of piperazine rings is 1. The summed E-state index contributed by atoms with van der Waals surface area (Å²) >= 11 is 6.26. The van der Waals surface area contributed by atoms with Crippen molar-refractivity contribution in [2.75, 3.05) is 26.2 Å². The summed E-state index contributed by atoms with van der Waals surface area (Å²) in [5.74, 6) is 0.0296. The molecular weight excluding hydrogens is 392 g/mol. The lowest BCUT2D eigenvalue weighted by molar-refractivity contribution is 0.0597. The van der Waals surface area contributed by atoms with Gasteiger partial charge in [0.25, 0.3) is 5.91 Å². The molecule has 5 rings (SSSR count). The van der Waals surface area contributed by atoms with Gasteiger partial charge in [0.1, 0.15) is 0 Å². The monoisotopic (exact) mass is 416 g/mol. The zero-order valence-corrected chi connectivity index (χ0v) is 17.7. The lowest BCUT2D eigenvalue weighted by atomic mass is 9.92. The lowest BCUT2D eigenvalue weighted by Crippen LogP contribution is -2.50. The van der Waals surface area contributed by atoms with Gasteiger partial charge in [0.15, 0.2) is 0 Å². The number of fused-ring (bicyclic) bond motifs is 2. The van der Waals surface area contributed by atoms with Crippen LogP contribution in [0.3, 0.4) is 0 Å². The summed E-state index contributed by atoms with van der Waals surface area (Å²) in [5.41, 5.74) is 6.29. The van der Waals surface area contributed by atoms with Crippen molar-refractivity contribution in [3.63, 3.8) is 0 Å². The number of hydrogen-bond donors (Lipinski definition) is 0. The summed E-state index contributed by atoms with van der Waals surface area (Å²) in [7, 11) is 0. The maximum absolute atomic E-state index is 13.0. The number of rotatable bonds is 2. The molecule has 1 aliphatic carbocycles. The van der Waals surface area contributed by atoms with Crippen LogP contribution < -0.4 is 0 Å². The third-order valence-corrected chi connectivity index (χ3v) is 6.76. The quantitative estimate of drug-likeness (QED) is 0.587. The predicted octanol–water partition coefficient (Wildman–Crippen LogP) is 4.99. The van der Waals surface area contributed by atoms with Crippen LogP contribution in [0.1, 0.15) is 38.7 Å². The molecule has 0 saturated carbocycles. The smallest absolute Gasteiger partial charge is 0.255 e. The van der Waals surface area contributed by atoms with E-state index >= 15 is 0 Å². The second kappa shape index (κ2) is 8.25. The van der Waals surface area contributed by atoms with Gasteiger partial charge in [-0.05, 0) is 47.2 Å². The SMILES string of the molecule is O=C(c1ccccc1Cl)N1CCN(C2c3ccccc3CCc3ccccc32)CC1. The summed E-state index contributed by atoms with van der Waals surface area (Å²) in [6.07, 6.45) is 2.16. The van der Waals surface area contributed by atoms with Gasteiger partial charge in [0.05, 0.1) is 16.6 Å². The highest BCUT2D eigenvalue weighted by Crippen LogP contribution is 2.37. The highest BCUT2D eigenvalue weighted by Gasteiger charge is 2.32. The van der Waals surface area contributed by atoms with Gasteiger partial charge in [0.2, 0.25) is 0 Å². The fraction of sp³-hybridized carbons (Fsp3) is 0.269. The summed E-state index contributed by atoms with van der Waals surface area (Å²) in [4.78, 5) is 17.5. The number of carbonyl (C=O) groups excluding carboxylic acids is 1. The Hall–Kier alpha value is -2.62. The first-order valence-corrected chi connectivity index (χ1v) is 11.0. The topological polar surface area (TPSA) is 23.6 Å². The number of benzene rings is 3. The van der Waals surface area contributed by atoms with Crippen LogP contribution in [0, 0.1) is 0 Å². The molecule has 0 radical (unpaired) electrons. The van der Waals surface area contributed by atoms with Crippen molar-refractivity contribution in [3.05, 3.63) is 106 Å². The van der Waals surface area contributed by atoms with Crippen molar-refractivity contribution in [2.45, 2.75) is 18.9 Å². The molecule has 1 fully saturated rings. The molecule has 1 heterocycles. The Morgan fingerprint density at radius 3 is 1.87 bits per heavy atom. The van der Waals surface area contributed by atoms with E-state index in [-0.39, 0.29) is 11.9 Å². The van der Waals surface area contributed by atoms with Crippen LogP contribution in [-0.4, -0.2) is 41.9 Å². The third kappa shape index (κ3) is 3.53. The molecular formula is C26H25ClN2O. The predicted molar refractivity (Wildman–Crippen MR) is 121 cm³/mol. The van der Waals surface area contributed by atoms with Crippen molar-refractivity contribution >= 4 is 17.5 Å². The molecule has 1 amide bonds. The molecule has 2 aliphatic rings. The van der Waals surface area contributed by atoms with E-state index in [9.17, 15) is 4.79 Å². The van der Waals surface area contributed by atoms with E-state index < -0.39 is 0 Å². The van der Waals surface area contributed by atoms with Crippen molar-refractivity contribution in [1.29, 1.82) is 0 Å². The Morgan fingerprint density at radius 1 is 0.733 bits per heavy atom. The standard InChI is InChI=1S/C26H25ClN2O/c27-24-12-6-5-11-23(24)26(30)29-17-15-28(16-18-29)25-21-9-3-1-7-19(21)13-14-20-8-2-4-10-22(20)25/h1-12,25H,13-18H2. The molecule has 1 aliphatic heterocycles. The van der Waals surface area contributed by atoms with Gasteiger partial charge in [-0.15, -0.1) is 0 Å². The van der Waals surface area contributed by atoms with E-state index in [0.717, 1.165) is 25.9 Å². The molecule has 0 unspecified atom stereocenters. The molecule has 3 aromatic rings. The molecule has 152 valence electrons. The molecule has 30 heavy (non-hydrogen) atoms. The van der Waals surface area contributed by atoms with Gasteiger partial charge in [-0.2, -0.15) is 0 Å². The fourth-order valence-corrected chi connectivity index (χ4v) is 5.09. The number of hydrogen-bond acceptors (Lipinski definition) is 2. The molecule has 0 bridgehead atoms. The van der Waals surface area contributed by atoms with Gasteiger partial charge in [0, 0.05) is 26.2 Å². The molecule has 3 nitrogen and oxygen atoms in total. The van der Waals surface area contributed by atoms with Gasteiger partial charge < -0.3 is 4.90 Å². The highest BCUT2D eigenvalue weighted by molar-refractivity contribution is 6.33. The zero-order valence-electron chi connectivity index (χ0n) is 16.9. The summed E-state index contributed by atoms with van der Waals surface area (Å²) in [6, 6.07) is 25.3. The van der Waals surface area contributed by atoms with Crippen LogP contribution >= 0.6 is 11.6 Å². The number of amides is 1. The van der Waals surface area contributed by atoms with Crippen LogP contribution in [0.5, 0.6) is 0 Å². The minimum Gasteiger partial charge on any atom is -0.336 e. The maximum atomic E-state index is 13.0. The Labute approximate surface area is 182 Å². The summed E-state index contributed by atoms with van der Waals surface area (Å²) in [6.45, 7) is 3.13. The summed E-state index contributed by atoms with van der Waals surface area (Å²) in [5, 5.41) is 0.525. The van der Waals surface area contributed by atoms with Crippen LogP contribution in [0.25, 0.3) is 0 Å². The zero-order chi connectivity index (χ0) is 20.5. The van der Waals surface area contributed by atoms with Crippen molar-refractivity contribution < 1.29 is 4.79 Å².